The summed E-state index contributed by atoms with van der Waals surface area (Å²) < 4.78 is 0. The van der Waals surface area contributed by atoms with Crippen LogP contribution >= 0.6 is 0 Å². The molecule has 0 aromatic carbocycles. The molecule has 1 aliphatic heterocycles. The summed E-state index contributed by atoms with van der Waals surface area (Å²) in [7, 11) is 0. The Bertz CT molecular complexity index is 27.5. The van der Waals surface area contributed by atoms with E-state index < -0.39 is 0 Å². The van der Waals surface area contributed by atoms with Gasteiger partial charge < -0.3 is 10.6 Å². The lowest BCUT2D eigenvalue weighted by molar-refractivity contribution is 0.534. The third kappa shape index (κ3) is 3.95. The average Bonchev–Trinajstić information content (AvgIpc) is 1.72. The van der Waals surface area contributed by atoms with Gasteiger partial charge in [-0.1, -0.05) is 0 Å². The van der Waals surface area contributed by atoms with Gasteiger partial charge in [-0.05, 0) is 0 Å². The van der Waals surface area contributed by atoms with Crippen molar-refractivity contribution in [1.29, 1.82) is 0 Å². The van der Waals surface area contributed by atoms with Crippen LogP contribution in [0, 0.1) is 0 Å². The molecule has 0 radical (unpaired) electrons. The highest BCUT2D eigenvalue weighted by Crippen LogP contribution is 1.65. The molecule has 1 aliphatic rings. The largest absolute Gasteiger partial charge is 0.314 e. The van der Waals surface area contributed by atoms with E-state index in [0.717, 1.165) is 26.2 Å². The monoisotopic (exact) mass is 126 g/mol. The predicted octanol–water partition coefficient (Wildman–Crippen LogP) is -0.516. The Morgan fingerprint density at radius 2 is 0.875 bits per heavy atom. The summed E-state index contributed by atoms with van der Waals surface area (Å²) >= 11 is 0. The molecule has 0 bridgehead atoms. The van der Waals surface area contributed by atoms with Crippen molar-refractivity contribution in [3.05, 3.63) is 0 Å². The lowest BCUT2D eigenvalue weighted by atomic mass is 10.4. The molecule has 2 N–H and O–H groups in total. The van der Waals surface area contributed by atoms with E-state index in [1.54, 1.807) is 0 Å². The summed E-state index contributed by atoms with van der Waals surface area (Å²) in [5.74, 6) is 0. The Hall–Kier alpha value is -0.220. The molecule has 0 spiro atoms. The number of nitrogens with one attached hydrogen (secondary N) is 2. The fourth-order valence-corrected chi connectivity index (χ4v) is 0.604. The summed E-state index contributed by atoms with van der Waals surface area (Å²) in [5, 5.41) is 6.44. The van der Waals surface area contributed by atoms with Crippen LogP contribution in [0.2, 0.25) is 0 Å². The van der Waals surface area contributed by atoms with E-state index in [1.165, 1.54) is 0 Å². The minimum Gasteiger partial charge on any atom is -0.314 e. The molecule has 0 aromatic rings. The molecule has 8 heavy (non-hydrogen) atoms. The van der Waals surface area contributed by atoms with E-state index in [4.69, 9.17) is 0 Å². The Kier molecular flexibility index (Phi) is 9.07. The third-order valence-corrected chi connectivity index (χ3v) is 0.957. The van der Waals surface area contributed by atoms with E-state index in [0.29, 0.717) is 0 Å². The zero-order chi connectivity index (χ0) is 4.24. The van der Waals surface area contributed by atoms with Gasteiger partial charge in [0.25, 0.3) is 0 Å². The highest BCUT2D eigenvalue weighted by atomic mass is 19.0. The van der Waals surface area contributed by atoms with Gasteiger partial charge in [0.1, 0.15) is 0 Å². The van der Waals surface area contributed by atoms with E-state index in [9.17, 15) is 0 Å². The van der Waals surface area contributed by atoms with Gasteiger partial charge in [-0.25, -0.2) is 0 Å². The van der Waals surface area contributed by atoms with Crippen molar-refractivity contribution in [2.75, 3.05) is 26.2 Å². The lowest BCUT2D eigenvalue weighted by Crippen LogP contribution is -2.39. The molecule has 0 atom stereocenters. The number of piperazine rings is 1. The van der Waals surface area contributed by atoms with Gasteiger partial charge in [-0.3, -0.25) is 9.41 Å². The SMILES string of the molecule is C1CNCCN1.F.F. The number of hydrogen-bond acceptors (Lipinski definition) is 2. The Morgan fingerprint density at radius 1 is 0.625 bits per heavy atom. The molecule has 52 valence electrons. The molecule has 0 aromatic heterocycles. The Balaban J connectivity index is 0. The molecule has 0 saturated carbocycles. The zero-order valence-corrected chi connectivity index (χ0v) is 4.64. The first-order chi connectivity index (χ1) is 3.00. The highest BCUT2D eigenvalue weighted by molar-refractivity contribution is 4.59. The molecular formula is C4H12F2N2. The van der Waals surface area contributed by atoms with Crippen molar-refractivity contribution in [3.63, 3.8) is 0 Å². The smallest absolute Gasteiger partial charge is 0.00772 e. The number of rotatable bonds is 0. The summed E-state index contributed by atoms with van der Waals surface area (Å²) in [5.41, 5.74) is 0. The van der Waals surface area contributed by atoms with Gasteiger partial charge in [0.15, 0.2) is 0 Å². The second-order valence-electron chi connectivity index (χ2n) is 1.50. The van der Waals surface area contributed by atoms with Gasteiger partial charge in [-0.15, -0.1) is 0 Å². The highest BCUT2D eigenvalue weighted by Gasteiger charge is 1.91. The van der Waals surface area contributed by atoms with Gasteiger partial charge >= 0.3 is 0 Å². The van der Waals surface area contributed by atoms with Gasteiger partial charge in [-0.2, -0.15) is 0 Å². The zero-order valence-electron chi connectivity index (χ0n) is 4.64. The summed E-state index contributed by atoms with van der Waals surface area (Å²) in [6.45, 7) is 4.56. The van der Waals surface area contributed by atoms with Gasteiger partial charge in [0.2, 0.25) is 0 Å². The van der Waals surface area contributed by atoms with Crippen LogP contribution in [0.25, 0.3) is 0 Å². The molecule has 1 rings (SSSR count). The van der Waals surface area contributed by atoms with E-state index in [2.05, 4.69) is 10.6 Å². The van der Waals surface area contributed by atoms with Crippen LogP contribution in [0.15, 0.2) is 0 Å². The van der Waals surface area contributed by atoms with Crippen molar-refractivity contribution in [1.82, 2.24) is 10.6 Å². The van der Waals surface area contributed by atoms with Crippen LogP contribution < -0.4 is 10.6 Å². The maximum absolute atomic E-state index is 3.22. The van der Waals surface area contributed by atoms with Crippen molar-refractivity contribution in [2.45, 2.75) is 0 Å². The van der Waals surface area contributed by atoms with Crippen LogP contribution in [-0.2, 0) is 0 Å². The maximum Gasteiger partial charge on any atom is 0.00772 e. The quantitative estimate of drug-likeness (QED) is 0.456. The summed E-state index contributed by atoms with van der Waals surface area (Å²) in [6, 6.07) is 0. The molecule has 1 fully saturated rings. The summed E-state index contributed by atoms with van der Waals surface area (Å²) in [6.07, 6.45) is 0. The number of hydrogen-bond donors (Lipinski definition) is 2. The van der Waals surface area contributed by atoms with Crippen molar-refractivity contribution in [3.8, 4) is 0 Å². The average molecular weight is 126 g/mol. The second kappa shape index (κ2) is 6.78. The molecule has 0 aliphatic carbocycles. The van der Waals surface area contributed by atoms with Crippen LogP contribution in [0.1, 0.15) is 0 Å². The fourth-order valence-electron chi connectivity index (χ4n) is 0.604. The van der Waals surface area contributed by atoms with Crippen molar-refractivity contribution < 1.29 is 9.41 Å². The molecular weight excluding hydrogens is 114 g/mol. The lowest BCUT2D eigenvalue weighted by Gasteiger charge is -2.11. The van der Waals surface area contributed by atoms with Crippen LogP contribution in [0.4, 0.5) is 9.41 Å². The van der Waals surface area contributed by atoms with Crippen molar-refractivity contribution >= 4 is 0 Å². The van der Waals surface area contributed by atoms with Crippen molar-refractivity contribution in [2.24, 2.45) is 0 Å². The predicted molar refractivity (Wildman–Crippen MR) is 30.7 cm³/mol. The Morgan fingerprint density at radius 3 is 1.00 bits per heavy atom. The molecule has 0 amide bonds. The summed E-state index contributed by atoms with van der Waals surface area (Å²) in [4.78, 5) is 0. The molecule has 0 unspecified atom stereocenters. The second-order valence-corrected chi connectivity index (χ2v) is 1.50. The van der Waals surface area contributed by atoms with Crippen LogP contribution in [0.5, 0.6) is 0 Å². The number of halogens is 2. The minimum absolute atomic E-state index is 0. The van der Waals surface area contributed by atoms with Gasteiger partial charge in [0, 0.05) is 26.2 Å². The molecule has 1 saturated heterocycles. The van der Waals surface area contributed by atoms with E-state index >= 15 is 0 Å². The topological polar surface area (TPSA) is 24.1 Å². The first kappa shape index (κ1) is 10.7. The van der Waals surface area contributed by atoms with E-state index in [1.807, 2.05) is 0 Å². The minimum atomic E-state index is 0. The molecule has 1 heterocycles. The first-order valence-corrected chi connectivity index (χ1v) is 2.41. The van der Waals surface area contributed by atoms with Crippen LogP contribution in [-0.4, -0.2) is 26.2 Å². The van der Waals surface area contributed by atoms with Gasteiger partial charge in [0.05, 0.1) is 0 Å². The molecule has 4 heteroatoms. The Labute approximate surface area is 47.4 Å². The van der Waals surface area contributed by atoms with E-state index in [-0.39, 0.29) is 9.41 Å². The standard InChI is InChI=1S/C4H10N2.2FH/c1-2-6-4-3-5-1;;/h5-6H,1-4H2;2*1H. The van der Waals surface area contributed by atoms with Crippen LogP contribution in [0.3, 0.4) is 0 Å². The third-order valence-electron chi connectivity index (χ3n) is 0.957. The maximum atomic E-state index is 3.22. The normalized spacial score (nSPS) is 18.0. The fraction of sp³-hybridized carbons (Fsp3) is 1.00. The molecule has 2 nitrogen and oxygen atoms in total. The first-order valence-electron chi connectivity index (χ1n) is 2.41.